The van der Waals surface area contributed by atoms with Gasteiger partial charge in [0.15, 0.2) is 6.61 Å². The minimum atomic E-state index is 0.737. The average molecular weight is 164 g/mol. The second kappa shape index (κ2) is 5.35. The molecule has 0 saturated carbocycles. The van der Waals surface area contributed by atoms with Gasteiger partial charge in [-0.2, -0.15) is 0 Å². The molecule has 12 heavy (non-hydrogen) atoms. The Morgan fingerprint density at radius 3 is 2.67 bits per heavy atom. The molecule has 1 aromatic heterocycles. The van der Waals surface area contributed by atoms with E-state index >= 15 is 0 Å². The number of rotatable bonds is 5. The van der Waals surface area contributed by atoms with Crippen molar-refractivity contribution in [1.29, 1.82) is 0 Å². The van der Waals surface area contributed by atoms with E-state index in [4.69, 9.17) is 4.84 Å². The third kappa shape index (κ3) is 3.19. The molecular weight excluding hydrogens is 150 g/mol. The highest BCUT2D eigenvalue weighted by atomic mass is 16.7. The molecule has 0 aliphatic carbocycles. The van der Waals surface area contributed by atoms with E-state index in [-0.39, 0.29) is 0 Å². The Hall–Kier alpha value is -1.31. The molecule has 0 aliphatic rings. The molecule has 0 unspecified atom stereocenters. The molecule has 0 aromatic carbocycles. The number of allylic oxidation sites excluding steroid dienone is 1. The van der Waals surface area contributed by atoms with E-state index in [0.29, 0.717) is 0 Å². The van der Waals surface area contributed by atoms with Crippen LogP contribution >= 0.6 is 0 Å². The smallest absolute Gasteiger partial charge is 0.222 e. The van der Waals surface area contributed by atoms with Gasteiger partial charge in [0.2, 0.25) is 12.4 Å². The van der Waals surface area contributed by atoms with Gasteiger partial charge in [0.25, 0.3) is 0 Å². The summed E-state index contributed by atoms with van der Waals surface area (Å²) in [6.07, 6.45) is 7.69. The maximum atomic E-state index is 5.38. The summed E-state index contributed by atoms with van der Waals surface area (Å²) in [7, 11) is 0. The highest BCUT2D eigenvalue weighted by molar-refractivity contribution is 4.83. The summed E-state index contributed by atoms with van der Waals surface area (Å²) in [6, 6.07) is 5.84. The molecule has 0 saturated heterocycles. The van der Waals surface area contributed by atoms with E-state index in [9.17, 15) is 0 Å². The van der Waals surface area contributed by atoms with Crippen LogP contribution in [0.25, 0.3) is 0 Å². The fourth-order valence-electron chi connectivity index (χ4n) is 0.867. The molecule has 1 rings (SSSR count). The summed E-state index contributed by atoms with van der Waals surface area (Å²) in [5, 5.41) is 0. The van der Waals surface area contributed by atoms with Gasteiger partial charge in [0, 0.05) is 16.9 Å². The molecule has 0 bridgehead atoms. The zero-order valence-electron chi connectivity index (χ0n) is 7.15. The number of unbranched alkanes of at least 4 members (excludes halogenated alkanes) is 1. The monoisotopic (exact) mass is 164 g/mol. The van der Waals surface area contributed by atoms with Crippen LogP contribution in [0, 0.1) is 0 Å². The van der Waals surface area contributed by atoms with Crippen molar-refractivity contribution in [2.24, 2.45) is 0 Å². The maximum Gasteiger partial charge on any atom is 0.222 e. The van der Waals surface area contributed by atoms with Crippen LogP contribution in [0.5, 0.6) is 0 Å². The zero-order chi connectivity index (χ0) is 8.65. The topological polar surface area (TPSA) is 13.1 Å². The van der Waals surface area contributed by atoms with E-state index in [0.717, 1.165) is 19.4 Å². The average Bonchev–Trinajstić information content (AvgIpc) is 2.14. The summed E-state index contributed by atoms with van der Waals surface area (Å²) in [5.41, 5.74) is 0. The summed E-state index contributed by atoms with van der Waals surface area (Å²) >= 11 is 0. The Kier molecular flexibility index (Phi) is 3.92. The van der Waals surface area contributed by atoms with Gasteiger partial charge in [0.1, 0.15) is 0 Å². The third-order valence-electron chi connectivity index (χ3n) is 1.48. The van der Waals surface area contributed by atoms with Crippen LogP contribution in [0.4, 0.5) is 0 Å². The fourth-order valence-corrected chi connectivity index (χ4v) is 0.867. The van der Waals surface area contributed by atoms with Gasteiger partial charge in [-0.05, 0) is 12.8 Å². The van der Waals surface area contributed by atoms with Crippen molar-refractivity contribution in [2.75, 3.05) is 6.61 Å². The van der Waals surface area contributed by atoms with E-state index in [1.165, 1.54) is 0 Å². The molecule has 0 radical (unpaired) electrons. The van der Waals surface area contributed by atoms with Crippen molar-refractivity contribution < 1.29 is 9.57 Å². The predicted molar refractivity (Wildman–Crippen MR) is 47.5 cm³/mol. The van der Waals surface area contributed by atoms with Gasteiger partial charge in [-0.15, -0.1) is 6.58 Å². The largest absolute Gasteiger partial charge is 0.271 e. The molecule has 0 atom stereocenters. The zero-order valence-corrected chi connectivity index (χ0v) is 7.15. The van der Waals surface area contributed by atoms with Crippen molar-refractivity contribution in [3.8, 4) is 0 Å². The minimum Gasteiger partial charge on any atom is -0.271 e. The molecule has 2 heteroatoms. The Balaban J connectivity index is 2.20. The number of pyridine rings is 1. The van der Waals surface area contributed by atoms with E-state index < -0.39 is 0 Å². The van der Waals surface area contributed by atoms with E-state index in [1.54, 1.807) is 4.73 Å². The number of nitrogens with zero attached hydrogens (tertiary/aromatic N) is 1. The molecular formula is C10H14NO+. The van der Waals surface area contributed by atoms with Gasteiger partial charge >= 0.3 is 0 Å². The standard InChI is InChI=1S/C10H14NO/c1-2-3-7-10-12-11-8-5-4-6-9-11/h2,4-6,8-9H,1,3,7,10H2/q+1. The Morgan fingerprint density at radius 1 is 1.25 bits per heavy atom. The van der Waals surface area contributed by atoms with Crippen LogP contribution < -0.4 is 9.57 Å². The highest BCUT2D eigenvalue weighted by Crippen LogP contribution is 1.85. The molecule has 0 aliphatic heterocycles. The lowest BCUT2D eigenvalue weighted by Gasteiger charge is -1.95. The quantitative estimate of drug-likeness (QED) is 0.364. The Labute approximate surface area is 73.1 Å². The molecule has 0 N–H and O–H groups in total. The van der Waals surface area contributed by atoms with Crippen LogP contribution in [0.1, 0.15) is 12.8 Å². The molecule has 1 heterocycles. The maximum absolute atomic E-state index is 5.38. The first-order valence-electron chi connectivity index (χ1n) is 4.14. The van der Waals surface area contributed by atoms with Crippen molar-refractivity contribution in [3.05, 3.63) is 43.2 Å². The number of hydrogen-bond acceptors (Lipinski definition) is 1. The third-order valence-corrected chi connectivity index (χ3v) is 1.48. The molecule has 1 aromatic rings. The normalized spacial score (nSPS) is 9.33. The molecule has 0 spiro atoms. The lowest BCUT2D eigenvalue weighted by atomic mass is 10.3. The minimum absolute atomic E-state index is 0.737. The number of aromatic nitrogens is 1. The summed E-state index contributed by atoms with van der Waals surface area (Å²) in [4.78, 5) is 5.38. The van der Waals surface area contributed by atoms with Gasteiger partial charge in [0.05, 0.1) is 0 Å². The Morgan fingerprint density at radius 2 is 2.00 bits per heavy atom. The van der Waals surface area contributed by atoms with Gasteiger partial charge in [-0.3, -0.25) is 4.84 Å². The first kappa shape index (κ1) is 8.78. The fraction of sp³-hybridized carbons (Fsp3) is 0.300. The molecule has 2 nitrogen and oxygen atoms in total. The van der Waals surface area contributed by atoms with E-state index in [1.807, 2.05) is 36.7 Å². The first-order chi connectivity index (χ1) is 5.93. The molecule has 0 amide bonds. The lowest BCUT2D eigenvalue weighted by Crippen LogP contribution is -2.41. The second-order valence-electron chi connectivity index (χ2n) is 2.50. The number of hydrogen-bond donors (Lipinski definition) is 0. The second-order valence-corrected chi connectivity index (χ2v) is 2.50. The molecule has 64 valence electrons. The first-order valence-corrected chi connectivity index (χ1v) is 4.14. The highest BCUT2D eigenvalue weighted by Gasteiger charge is 1.95. The van der Waals surface area contributed by atoms with Crippen molar-refractivity contribution in [3.63, 3.8) is 0 Å². The summed E-state index contributed by atoms with van der Waals surface area (Å²) in [5.74, 6) is 0. The SMILES string of the molecule is C=CCCCO[n+]1ccccc1. The van der Waals surface area contributed by atoms with Gasteiger partial charge in [-0.25, -0.2) is 0 Å². The summed E-state index contributed by atoms with van der Waals surface area (Å²) in [6.45, 7) is 4.38. The van der Waals surface area contributed by atoms with Crippen LogP contribution in [0.15, 0.2) is 43.2 Å². The Bertz CT molecular complexity index is 221. The van der Waals surface area contributed by atoms with Crippen LogP contribution in [0.2, 0.25) is 0 Å². The summed E-state index contributed by atoms with van der Waals surface area (Å²) < 4.78 is 1.71. The van der Waals surface area contributed by atoms with Gasteiger partial charge < -0.3 is 0 Å². The van der Waals surface area contributed by atoms with Crippen molar-refractivity contribution in [2.45, 2.75) is 12.8 Å². The van der Waals surface area contributed by atoms with Crippen molar-refractivity contribution in [1.82, 2.24) is 0 Å². The van der Waals surface area contributed by atoms with Crippen molar-refractivity contribution >= 4 is 0 Å². The van der Waals surface area contributed by atoms with Crippen LogP contribution in [-0.2, 0) is 0 Å². The lowest BCUT2D eigenvalue weighted by molar-refractivity contribution is -0.891. The predicted octanol–water partition coefficient (Wildman–Crippen LogP) is 1.37. The molecule has 0 fully saturated rings. The van der Waals surface area contributed by atoms with E-state index in [2.05, 4.69) is 6.58 Å². The van der Waals surface area contributed by atoms with Crippen LogP contribution in [0.3, 0.4) is 0 Å². The van der Waals surface area contributed by atoms with Gasteiger partial charge in [-0.1, -0.05) is 12.1 Å². The van der Waals surface area contributed by atoms with Crippen LogP contribution in [-0.4, -0.2) is 6.61 Å².